The van der Waals surface area contributed by atoms with Crippen molar-refractivity contribution in [2.24, 2.45) is 5.92 Å². The van der Waals surface area contributed by atoms with Gasteiger partial charge in [-0.05, 0) is 49.1 Å². The number of hydrogen-bond donors (Lipinski definition) is 1. The minimum Gasteiger partial charge on any atom is -0.462 e. The number of Topliss-reactive ketones (excluding diaryl/α,β-unsaturated/α-hetero) is 1. The number of esters is 1. The number of carbonyl (C=O) groups is 2. The maximum absolute atomic E-state index is 12.7. The molecule has 0 amide bonds. The van der Waals surface area contributed by atoms with Crippen molar-refractivity contribution in [3.05, 3.63) is 59.7 Å². The average molecular weight is 445 g/mol. The third-order valence-corrected chi connectivity index (χ3v) is 6.85. The highest BCUT2D eigenvalue weighted by molar-refractivity contribution is 7.89. The largest absolute Gasteiger partial charge is 0.462 e. The number of sulfonamides is 1. The van der Waals surface area contributed by atoms with Crippen LogP contribution in [0.2, 0.25) is 0 Å². The first kappa shape index (κ1) is 23.0. The molecule has 31 heavy (non-hydrogen) atoms. The van der Waals surface area contributed by atoms with Crippen LogP contribution in [0.25, 0.3) is 0 Å². The van der Waals surface area contributed by atoms with Crippen LogP contribution >= 0.6 is 0 Å². The van der Waals surface area contributed by atoms with E-state index >= 15 is 0 Å². The van der Waals surface area contributed by atoms with Gasteiger partial charge in [0.2, 0.25) is 10.0 Å². The Balaban J connectivity index is 1.65. The van der Waals surface area contributed by atoms with Crippen LogP contribution in [0.15, 0.2) is 53.4 Å². The third-order valence-electron chi connectivity index (χ3n) is 4.96. The highest BCUT2D eigenvalue weighted by Crippen LogP contribution is 2.22. The van der Waals surface area contributed by atoms with E-state index in [9.17, 15) is 18.0 Å². The maximum Gasteiger partial charge on any atom is 0.338 e. The van der Waals surface area contributed by atoms with E-state index in [2.05, 4.69) is 5.32 Å². The number of ether oxygens (including phenoxy) is 1. The van der Waals surface area contributed by atoms with E-state index in [1.165, 1.54) is 16.4 Å². The van der Waals surface area contributed by atoms with Crippen molar-refractivity contribution in [1.29, 1.82) is 0 Å². The molecular weight excluding hydrogens is 416 g/mol. The van der Waals surface area contributed by atoms with Gasteiger partial charge in [-0.2, -0.15) is 4.31 Å². The van der Waals surface area contributed by atoms with Gasteiger partial charge in [0, 0.05) is 24.3 Å². The Labute approximate surface area is 183 Å². The van der Waals surface area contributed by atoms with E-state index in [-0.39, 0.29) is 23.1 Å². The number of nitrogens with one attached hydrogen (secondary N) is 1. The van der Waals surface area contributed by atoms with Gasteiger partial charge in [-0.15, -0.1) is 0 Å². The molecule has 0 aliphatic carbocycles. The fourth-order valence-electron chi connectivity index (χ4n) is 3.27. The zero-order valence-electron chi connectivity index (χ0n) is 17.8. The lowest BCUT2D eigenvalue weighted by Crippen LogP contribution is -2.28. The summed E-state index contributed by atoms with van der Waals surface area (Å²) in [5.41, 5.74) is 1.32. The van der Waals surface area contributed by atoms with Crippen LogP contribution in [0.5, 0.6) is 0 Å². The number of nitrogens with zero attached hydrogens (tertiary/aromatic N) is 1. The summed E-state index contributed by atoms with van der Waals surface area (Å²) in [5, 5.41) is 3.00. The molecule has 3 rings (SSSR count). The van der Waals surface area contributed by atoms with Gasteiger partial charge in [0.1, 0.15) is 0 Å². The molecule has 1 heterocycles. The van der Waals surface area contributed by atoms with E-state index < -0.39 is 16.0 Å². The summed E-state index contributed by atoms with van der Waals surface area (Å²) >= 11 is 0. The van der Waals surface area contributed by atoms with Crippen LogP contribution in [0, 0.1) is 5.92 Å². The molecule has 1 aliphatic heterocycles. The summed E-state index contributed by atoms with van der Waals surface area (Å²) in [6.07, 6.45) is 1.71. The number of anilines is 1. The third kappa shape index (κ3) is 5.92. The lowest BCUT2D eigenvalue weighted by molar-refractivity contribution is 0.0459. The molecule has 1 N–H and O–H groups in total. The van der Waals surface area contributed by atoms with Gasteiger partial charge in [-0.25, -0.2) is 13.2 Å². The molecule has 2 aromatic carbocycles. The highest BCUT2D eigenvalue weighted by atomic mass is 32.2. The fraction of sp³-hybridized carbons (Fsp3) is 0.391. The molecule has 0 saturated carbocycles. The van der Waals surface area contributed by atoms with Crippen LogP contribution in [0.4, 0.5) is 5.69 Å². The minimum atomic E-state index is -3.58. The quantitative estimate of drug-likeness (QED) is 0.469. The van der Waals surface area contributed by atoms with Crippen LogP contribution in [-0.4, -0.2) is 50.7 Å². The summed E-state index contributed by atoms with van der Waals surface area (Å²) in [6, 6.07) is 12.9. The van der Waals surface area contributed by atoms with Gasteiger partial charge in [-0.3, -0.25) is 4.79 Å². The first-order valence-electron chi connectivity index (χ1n) is 10.4. The zero-order valence-corrected chi connectivity index (χ0v) is 18.7. The van der Waals surface area contributed by atoms with Crippen LogP contribution in [0.1, 0.15) is 47.4 Å². The molecule has 1 aliphatic rings. The molecular formula is C23H28N2O5S. The molecule has 1 fully saturated rings. The predicted octanol–water partition coefficient (Wildman–Crippen LogP) is 3.58. The zero-order chi connectivity index (χ0) is 22.4. The molecule has 7 nitrogen and oxygen atoms in total. The standard InChI is InChI=1S/C23H28N2O5S/c1-17(2)16-30-23(27)19-8-5-9-20(13-19)24-15-22(26)18-7-6-10-21(14-18)31(28,29)25-11-3-4-12-25/h5-10,13-14,17,24H,3-4,11-12,15-16H2,1-2H3. The Morgan fingerprint density at radius 1 is 1.03 bits per heavy atom. The van der Waals surface area contributed by atoms with Crippen molar-refractivity contribution in [3.8, 4) is 0 Å². The van der Waals surface area contributed by atoms with Crippen molar-refractivity contribution >= 4 is 27.5 Å². The molecule has 2 aromatic rings. The molecule has 166 valence electrons. The molecule has 0 spiro atoms. The monoisotopic (exact) mass is 444 g/mol. The smallest absolute Gasteiger partial charge is 0.338 e. The lowest BCUT2D eigenvalue weighted by atomic mass is 10.1. The number of hydrogen-bond acceptors (Lipinski definition) is 6. The highest BCUT2D eigenvalue weighted by Gasteiger charge is 2.27. The Morgan fingerprint density at radius 2 is 1.71 bits per heavy atom. The molecule has 0 unspecified atom stereocenters. The van der Waals surface area contributed by atoms with Gasteiger partial charge >= 0.3 is 5.97 Å². The van der Waals surface area contributed by atoms with Crippen molar-refractivity contribution in [1.82, 2.24) is 4.31 Å². The number of ketones is 1. The molecule has 0 atom stereocenters. The van der Waals surface area contributed by atoms with E-state index in [0.717, 1.165) is 12.8 Å². The van der Waals surface area contributed by atoms with Crippen molar-refractivity contribution in [2.75, 3.05) is 31.6 Å². The van der Waals surface area contributed by atoms with Crippen molar-refractivity contribution in [3.63, 3.8) is 0 Å². The van der Waals surface area contributed by atoms with Crippen LogP contribution < -0.4 is 5.32 Å². The average Bonchev–Trinajstić information content (AvgIpc) is 3.32. The van der Waals surface area contributed by atoms with Gasteiger partial charge < -0.3 is 10.1 Å². The molecule has 0 bridgehead atoms. The molecule has 0 radical (unpaired) electrons. The Hall–Kier alpha value is -2.71. The Morgan fingerprint density at radius 3 is 2.42 bits per heavy atom. The maximum atomic E-state index is 12.7. The number of benzene rings is 2. The van der Waals surface area contributed by atoms with Crippen molar-refractivity contribution in [2.45, 2.75) is 31.6 Å². The van der Waals surface area contributed by atoms with Crippen LogP contribution in [-0.2, 0) is 14.8 Å². The van der Waals surface area contributed by atoms with Crippen LogP contribution in [0.3, 0.4) is 0 Å². The van der Waals surface area contributed by atoms with E-state index in [0.29, 0.717) is 36.5 Å². The molecule has 8 heteroatoms. The summed E-state index contributed by atoms with van der Waals surface area (Å²) in [7, 11) is -3.58. The van der Waals surface area contributed by atoms with E-state index in [1.54, 1.807) is 36.4 Å². The summed E-state index contributed by atoms with van der Waals surface area (Å²) in [4.78, 5) is 24.9. The first-order valence-corrected chi connectivity index (χ1v) is 11.9. The summed E-state index contributed by atoms with van der Waals surface area (Å²) in [6.45, 7) is 5.25. The number of rotatable bonds is 9. The fourth-order valence-corrected chi connectivity index (χ4v) is 4.84. The molecule has 0 aromatic heterocycles. The number of carbonyl (C=O) groups excluding carboxylic acids is 2. The predicted molar refractivity (Wildman–Crippen MR) is 119 cm³/mol. The second-order valence-electron chi connectivity index (χ2n) is 7.99. The van der Waals surface area contributed by atoms with Gasteiger partial charge in [0.15, 0.2) is 5.78 Å². The first-order chi connectivity index (χ1) is 14.8. The SMILES string of the molecule is CC(C)COC(=O)c1cccc(NCC(=O)c2cccc(S(=O)(=O)N3CCCC3)c2)c1. The Bertz CT molecular complexity index is 1040. The molecule has 1 saturated heterocycles. The second kappa shape index (κ2) is 10.1. The summed E-state index contributed by atoms with van der Waals surface area (Å²) < 4.78 is 32.2. The van der Waals surface area contributed by atoms with Crippen molar-refractivity contribution < 1.29 is 22.7 Å². The minimum absolute atomic E-state index is 0.0300. The van der Waals surface area contributed by atoms with E-state index in [4.69, 9.17) is 4.74 Å². The normalized spacial score (nSPS) is 14.5. The van der Waals surface area contributed by atoms with Gasteiger partial charge in [0.25, 0.3) is 0 Å². The van der Waals surface area contributed by atoms with E-state index in [1.807, 2.05) is 13.8 Å². The summed E-state index contributed by atoms with van der Waals surface area (Å²) in [5.74, 6) is -0.414. The van der Waals surface area contributed by atoms with Gasteiger partial charge in [-0.1, -0.05) is 32.0 Å². The lowest BCUT2D eigenvalue weighted by Gasteiger charge is -2.16. The topological polar surface area (TPSA) is 92.8 Å². The second-order valence-corrected chi connectivity index (χ2v) is 9.93. The Kier molecular flexibility index (Phi) is 7.46. The van der Waals surface area contributed by atoms with Gasteiger partial charge in [0.05, 0.1) is 23.6 Å².